The Hall–Kier alpha value is -0.0800. The van der Waals surface area contributed by atoms with E-state index in [1.54, 1.807) is 0 Å². The van der Waals surface area contributed by atoms with Crippen LogP contribution in [0.2, 0.25) is 0 Å². The summed E-state index contributed by atoms with van der Waals surface area (Å²) in [6.07, 6.45) is 7.09. The van der Waals surface area contributed by atoms with Crippen molar-refractivity contribution >= 4 is 0 Å². The number of nitrogens with two attached hydrogens (primary N) is 1. The molecule has 0 heterocycles. The van der Waals surface area contributed by atoms with Gasteiger partial charge in [0.2, 0.25) is 0 Å². The molecule has 1 rings (SSSR count). The molecule has 14 heavy (non-hydrogen) atoms. The Bertz CT molecular complexity index is 147. The number of rotatable bonds is 4. The quantitative estimate of drug-likeness (QED) is 0.706. The summed E-state index contributed by atoms with van der Waals surface area (Å²) < 4.78 is 5.71. The molecule has 2 N–H and O–H groups in total. The van der Waals surface area contributed by atoms with E-state index in [0.717, 1.165) is 13.2 Å². The van der Waals surface area contributed by atoms with E-state index in [9.17, 15) is 0 Å². The van der Waals surface area contributed by atoms with E-state index < -0.39 is 0 Å². The lowest BCUT2D eigenvalue weighted by Crippen LogP contribution is -2.27. The fraction of sp³-hybridized carbons (Fsp3) is 1.00. The van der Waals surface area contributed by atoms with Gasteiger partial charge in [-0.1, -0.05) is 19.3 Å². The molecule has 1 aliphatic carbocycles. The summed E-state index contributed by atoms with van der Waals surface area (Å²) in [5.41, 5.74) is 5.81. The Morgan fingerprint density at radius 3 is 2.36 bits per heavy atom. The Morgan fingerprint density at radius 1 is 1.14 bits per heavy atom. The van der Waals surface area contributed by atoms with E-state index in [0.29, 0.717) is 17.9 Å². The summed E-state index contributed by atoms with van der Waals surface area (Å²) in [6.45, 7) is 5.97. The van der Waals surface area contributed by atoms with Crippen molar-refractivity contribution in [3.8, 4) is 0 Å². The van der Waals surface area contributed by atoms with E-state index in [2.05, 4.69) is 13.8 Å². The molecular weight excluding hydrogens is 174 g/mol. The largest absolute Gasteiger partial charge is 0.378 e. The van der Waals surface area contributed by atoms with Crippen LogP contribution in [0.4, 0.5) is 0 Å². The van der Waals surface area contributed by atoms with Crippen LogP contribution < -0.4 is 5.73 Å². The lowest BCUT2D eigenvalue weighted by molar-refractivity contribution is 0.0335. The predicted molar refractivity (Wildman–Crippen MR) is 60.2 cm³/mol. The van der Waals surface area contributed by atoms with Crippen LogP contribution >= 0.6 is 0 Å². The van der Waals surface area contributed by atoms with Gasteiger partial charge in [0.05, 0.1) is 12.7 Å². The second kappa shape index (κ2) is 6.41. The third-order valence-electron chi connectivity index (χ3n) is 3.26. The van der Waals surface area contributed by atoms with Gasteiger partial charge < -0.3 is 10.5 Å². The Labute approximate surface area is 88.2 Å². The fourth-order valence-corrected chi connectivity index (χ4v) is 2.31. The smallest absolute Gasteiger partial charge is 0.0519 e. The molecular formula is C12H25NO. The first kappa shape index (κ1) is 12.0. The highest BCUT2D eigenvalue weighted by Crippen LogP contribution is 2.28. The molecule has 2 atom stereocenters. The lowest BCUT2D eigenvalue weighted by atomic mass is 9.89. The first-order valence-electron chi connectivity index (χ1n) is 6.05. The van der Waals surface area contributed by atoms with Gasteiger partial charge in [-0.15, -0.1) is 0 Å². The molecule has 2 nitrogen and oxygen atoms in total. The Kier molecular flexibility index (Phi) is 5.49. The van der Waals surface area contributed by atoms with Gasteiger partial charge in [0.1, 0.15) is 0 Å². The van der Waals surface area contributed by atoms with Crippen molar-refractivity contribution in [2.75, 3.05) is 13.2 Å². The summed E-state index contributed by atoms with van der Waals surface area (Å²) in [6, 6.07) is 0. The second-order valence-corrected chi connectivity index (χ2v) is 4.78. The Morgan fingerprint density at radius 2 is 1.79 bits per heavy atom. The summed E-state index contributed by atoms with van der Waals surface area (Å²) in [7, 11) is 0. The highest BCUT2D eigenvalue weighted by atomic mass is 16.5. The van der Waals surface area contributed by atoms with Crippen molar-refractivity contribution in [1.82, 2.24) is 0 Å². The zero-order valence-corrected chi connectivity index (χ0v) is 9.67. The molecule has 0 spiro atoms. The third-order valence-corrected chi connectivity index (χ3v) is 3.26. The molecule has 0 amide bonds. The van der Waals surface area contributed by atoms with Gasteiger partial charge in [-0.05, 0) is 45.1 Å². The van der Waals surface area contributed by atoms with E-state index in [1.807, 2.05) is 0 Å². The van der Waals surface area contributed by atoms with Gasteiger partial charge in [-0.3, -0.25) is 0 Å². The van der Waals surface area contributed by atoms with Crippen molar-refractivity contribution in [3.63, 3.8) is 0 Å². The second-order valence-electron chi connectivity index (χ2n) is 4.78. The summed E-state index contributed by atoms with van der Waals surface area (Å²) in [5, 5.41) is 0. The zero-order chi connectivity index (χ0) is 10.4. The lowest BCUT2D eigenvalue weighted by Gasteiger charge is -2.24. The van der Waals surface area contributed by atoms with Gasteiger partial charge in [0, 0.05) is 0 Å². The van der Waals surface area contributed by atoms with E-state index >= 15 is 0 Å². The molecule has 1 aliphatic rings. The number of hydrogen-bond acceptors (Lipinski definition) is 2. The normalized spacial score (nSPS) is 29.1. The predicted octanol–water partition coefficient (Wildman–Crippen LogP) is 2.57. The van der Waals surface area contributed by atoms with Crippen molar-refractivity contribution < 1.29 is 4.74 Å². The molecule has 0 aromatic rings. The number of hydrogen-bond donors (Lipinski definition) is 1. The zero-order valence-electron chi connectivity index (χ0n) is 9.67. The number of ether oxygens (including phenoxy) is 1. The molecule has 1 fully saturated rings. The van der Waals surface area contributed by atoms with E-state index in [1.165, 1.54) is 32.1 Å². The minimum Gasteiger partial charge on any atom is -0.378 e. The minimum absolute atomic E-state index is 0.358. The van der Waals surface area contributed by atoms with Crippen LogP contribution in [-0.2, 0) is 4.74 Å². The fourth-order valence-electron chi connectivity index (χ4n) is 2.31. The monoisotopic (exact) mass is 199 g/mol. The minimum atomic E-state index is 0.358. The first-order chi connectivity index (χ1) is 6.74. The molecule has 0 aliphatic heterocycles. The van der Waals surface area contributed by atoms with Gasteiger partial charge in [-0.25, -0.2) is 0 Å². The molecule has 84 valence electrons. The van der Waals surface area contributed by atoms with Crippen molar-refractivity contribution in [3.05, 3.63) is 0 Å². The molecule has 0 bridgehead atoms. The van der Waals surface area contributed by atoms with E-state index in [4.69, 9.17) is 10.5 Å². The average molecular weight is 199 g/mol. The third kappa shape index (κ3) is 3.97. The van der Waals surface area contributed by atoms with Crippen LogP contribution in [0.15, 0.2) is 0 Å². The van der Waals surface area contributed by atoms with Crippen LogP contribution in [0.3, 0.4) is 0 Å². The molecule has 0 radical (unpaired) electrons. The van der Waals surface area contributed by atoms with Crippen LogP contribution in [0.25, 0.3) is 0 Å². The van der Waals surface area contributed by atoms with Gasteiger partial charge in [0.15, 0.2) is 0 Å². The van der Waals surface area contributed by atoms with Gasteiger partial charge in [0.25, 0.3) is 0 Å². The standard InChI is InChI=1S/C12H25NO/c1-10(2)14-9-12-7-5-3-4-6-11(12)8-13/h10-12H,3-9,13H2,1-2H3. The molecule has 0 aromatic heterocycles. The van der Waals surface area contributed by atoms with Gasteiger partial charge >= 0.3 is 0 Å². The van der Waals surface area contributed by atoms with Crippen LogP contribution in [0.5, 0.6) is 0 Å². The molecule has 0 saturated heterocycles. The topological polar surface area (TPSA) is 35.2 Å². The van der Waals surface area contributed by atoms with Crippen LogP contribution in [0, 0.1) is 11.8 Å². The molecule has 2 unspecified atom stereocenters. The SMILES string of the molecule is CC(C)OCC1CCCCCC1CN. The summed E-state index contributed by atoms with van der Waals surface area (Å²) >= 11 is 0. The average Bonchev–Trinajstić information content (AvgIpc) is 2.38. The first-order valence-corrected chi connectivity index (χ1v) is 6.05. The Balaban J connectivity index is 2.36. The maximum absolute atomic E-state index is 5.81. The summed E-state index contributed by atoms with van der Waals surface area (Å²) in [5.74, 6) is 1.42. The maximum atomic E-state index is 5.81. The van der Waals surface area contributed by atoms with Crippen LogP contribution in [0.1, 0.15) is 46.0 Å². The highest BCUT2D eigenvalue weighted by Gasteiger charge is 2.22. The van der Waals surface area contributed by atoms with Crippen molar-refractivity contribution in [2.24, 2.45) is 17.6 Å². The van der Waals surface area contributed by atoms with E-state index in [-0.39, 0.29) is 0 Å². The highest BCUT2D eigenvalue weighted by molar-refractivity contribution is 4.74. The van der Waals surface area contributed by atoms with Crippen LogP contribution in [-0.4, -0.2) is 19.3 Å². The van der Waals surface area contributed by atoms with Gasteiger partial charge in [-0.2, -0.15) is 0 Å². The summed E-state index contributed by atoms with van der Waals surface area (Å²) in [4.78, 5) is 0. The van der Waals surface area contributed by atoms with Crippen molar-refractivity contribution in [2.45, 2.75) is 52.1 Å². The maximum Gasteiger partial charge on any atom is 0.0519 e. The molecule has 0 aromatic carbocycles. The molecule has 1 saturated carbocycles. The van der Waals surface area contributed by atoms with Crippen molar-refractivity contribution in [1.29, 1.82) is 0 Å². The molecule has 2 heteroatoms.